The molecule has 6 heteroatoms. The first-order valence-electron chi connectivity index (χ1n) is 6.09. The fraction of sp³-hybridized carbons (Fsp3) is 0.357. The first-order chi connectivity index (χ1) is 9.41. The molecule has 2 nitrogen and oxygen atoms in total. The molecule has 1 aliphatic rings. The lowest BCUT2D eigenvalue weighted by Gasteiger charge is -2.26. The summed E-state index contributed by atoms with van der Waals surface area (Å²) < 4.78 is 38.1. The quantitative estimate of drug-likeness (QED) is 0.786. The number of aromatic nitrogens is 1. The number of alkyl halides is 4. The van der Waals surface area contributed by atoms with Gasteiger partial charge in [0.2, 0.25) is 0 Å². The van der Waals surface area contributed by atoms with E-state index in [1.165, 1.54) is 6.08 Å². The van der Waals surface area contributed by atoms with Crippen LogP contribution >= 0.6 is 11.6 Å². The first kappa shape index (κ1) is 14.9. The van der Waals surface area contributed by atoms with Gasteiger partial charge in [-0.2, -0.15) is 13.2 Å². The highest BCUT2D eigenvalue weighted by Crippen LogP contribution is 2.29. The summed E-state index contributed by atoms with van der Waals surface area (Å²) in [5.41, 5.74) is 2.04. The van der Waals surface area contributed by atoms with Gasteiger partial charge >= 0.3 is 6.18 Å². The Bertz CT molecular complexity index is 550. The predicted molar refractivity (Wildman–Crippen MR) is 72.2 cm³/mol. The lowest BCUT2D eigenvalue weighted by Crippen LogP contribution is -2.29. The summed E-state index contributed by atoms with van der Waals surface area (Å²) in [6.45, 7) is 2.06. The van der Waals surface area contributed by atoms with Crippen LogP contribution in [0.4, 0.5) is 13.2 Å². The summed E-state index contributed by atoms with van der Waals surface area (Å²) in [5.74, 6) is 0.300. The van der Waals surface area contributed by atoms with Gasteiger partial charge in [-0.1, -0.05) is 6.08 Å². The van der Waals surface area contributed by atoms with Crippen molar-refractivity contribution in [2.45, 2.75) is 25.5 Å². The van der Waals surface area contributed by atoms with E-state index in [1.807, 2.05) is 13.0 Å². The number of hydrogen-bond acceptors (Lipinski definition) is 2. The molecule has 1 aromatic heterocycles. The van der Waals surface area contributed by atoms with E-state index in [0.717, 1.165) is 17.2 Å². The minimum atomic E-state index is -4.29. The van der Waals surface area contributed by atoms with Crippen LogP contribution in [-0.2, 0) is 12.4 Å². The maximum Gasteiger partial charge on any atom is 0.414 e. The highest BCUT2D eigenvalue weighted by molar-refractivity contribution is 6.17. The highest BCUT2D eigenvalue weighted by atomic mass is 35.5. The van der Waals surface area contributed by atoms with Gasteiger partial charge in [-0.3, -0.25) is 4.98 Å². The lowest BCUT2D eigenvalue weighted by atomic mass is 10.1. The standard InChI is InChI=1S/C14H14ClF3N2/c1-10-4-5-19-13(12(10)7-15)9-20-6-2-3-11(8-20)14(16,17)18/h2-6H,7-9H2,1H3. The van der Waals surface area contributed by atoms with Gasteiger partial charge in [-0.15, -0.1) is 11.6 Å². The fourth-order valence-corrected chi connectivity index (χ4v) is 2.42. The van der Waals surface area contributed by atoms with Gasteiger partial charge in [0.05, 0.1) is 17.8 Å². The summed E-state index contributed by atoms with van der Waals surface area (Å²) in [4.78, 5) is 5.81. The molecule has 0 saturated carbocycles. The van der Waals surface area contributed by atoms with Gasteiger partial charge in [0, 0.05) is 18.6 Å². The molecule has 108 valence electrons. The van der Waals surface area contributed by atoms with Crippen molar-refractivity contribution in [2.75, 3.05) is 6.54 Å². The molecule has 1 aromatic rings. The Morgan fingerprint density at radius 3 is 2.80 bits per heavy atom. The zero-order valence-corrected chi connectivity index (χ0v) is 11.7. The van der Waals surface area contributed by atoms with E-state index >= 15 is 0 Å². The molecule has 0 N–H and O–H groups in total. The zero-order valence-electron chi connectivity index (χ0n) is 10.9. The molecular weight excluding hydrogens is 289 g/mol. The smallest absolute Gasteiger partial charge is 0.367 e. The van der Waals surface area contributed by atoms with Crippen LogP contribution in [0, 0.1) is 6.92 Å². The van der Waals surface area contributed by atoms with E-state index in [1.54, 1.807) is 17.3 Å². The van der Waals surface area contributed by atoms with Crippen LogP contribution in [0.3, 0.4) is 0 Å². The van der Waals surface area contributed by atoms with Crippen molar-refractivity contribution in [1.29, 1.82) is 0 Å². The second-order valence-electron chi connectivity index (χ2n) is 4.62. The molecule has 0 atom stereocenters. The van der Waals surface area contributed by atoms with Crippen molar-refractivity contribution in [2.24, 2.45) is 0 Å². The normalized spacial score (nSPS) is 15.4. The number of halogens is 4. The number of allylic oxidation sites excluding steroid dienone is 2. The minimum Gasteiger partial charge on any atom is -0.367 e. The fourth-order valence-electron chi connectivity index (χ4n) is 2.05. The Balaban J connectivity index is 2.15. The van der Waals surface area contributed by atoms with Crippen molar-refractivity contribution in [3.05, 3.63) is 53.0 Å². The minimum absolute atomic E-state index is 0.169. The third-order valence-corrected chi connectivity index (χ3v) is 3.46. The molecule has 0 bridgehead atoms. The molecule has 0 aromatic carbocycles. The van der Waals surface area contributed by atoms with Crippen molar-refractivity contribution in [3.63, 3.8) is 0 Å². The maximum absolute atomic E-state index is 12.7. The number of aryl methyl sites for hydroxylation is 1. The van der Waals surface area contributed by atoms with Crippen LogP contribution in [0.1, 0.15) is 16.8 Å². The topological polar surface area (TPSA) is 16.1 Å². The van der Waals surface area contributed by atoms with Gasteiger partial charge in [0.15, 0.2) is 0 Å². The van der Waals surface area contributed by atoms with Crippen LogP contribution in [0.2, 0.25) is 0 Å². The lowest BCUT2D eigenvalue weighted by molar-refractivity contribution is -0.0954. The van der Waals surface area contributed by atoms with E-state index in [0.29, 0.717) is 18.1 Å². The zero-order chi connectivity index (χ0) is 14.8. The Kier molecular flexibility index (Phi) is 4.38. The average molecular weight is 303 g/mol. The Labute approximate surface area is 120 Å². The Morgan fingerprint density at radius 1 is 1.40 bits per heavy atom. The van der Waals surface area contributed by atoms with E-state index in [-0.39, 0.29) is 6.54 Å². The van der Waals surface area contributed by atoms with Crippen LogP contribution < -0.4 is 0 Å². The van der Waals surface area contributed by atoms with Crippen LogP contribution in [0.25, 0.3) is 0 Å². The van der Waals surface area contributed by atoms with Gasteiger partial charge in [0.25, 0.3) is 0 Å². The summed E-state index contributed by atoms with van der Waals surface area (Å²) in [6, 6.07) is 1.84. The molecule has 0 amide bonds. The predicted octanol–water partition coefficient (Wildman–Crippen LogP) is 3.95. The monoisotopic (exact) mass is 302 g/mol. The van der Waals surface area contributed by atoms with E-state index in [9.17, 15) is 13.2 Å². The molecular formula is C14H14ClF3N2. The van der Waals surface area contributed by atoms with Gasteiger partial charge < -0.3 is 4.90 Å². The number of rotatable bonds is 3. The molecule has 0 spiro atoms. The number of hydrogen-bond donors (Lipinski definition) is 0. The molecule has 0 saturated heterocycles. The second kappa shape index (κ2) is 5.87. The molecule has 20 heavy (non-hydrogen) atoms. The molecule has 0 unspecified atom stereocenters. The molecule has 2 heterocycles. The van der Waals surface area contributed by atoms with Crippen molar-refractivity contribution < 1.29 is 13.2 Å². The maximum atomic E-state index is 12.7. The number of pyridine rings is 1. The Morgan fingerprint density at radius 2 is 2.15 bits per heavy atom. The summed E-state index contributed by atoms with van der Waals surface area (Å²) in [5, 5.41) is 0. The van der Waals surface area contributed by atoms with Crippen molar-refractivity contribution >= 4 is 11.6 Å². The molecule has 0 radical (unpaired) electrons. The largest absolute Gasteiger partial charge is 0.414 e. The first-order valence-corrected chi connectivity index (χ1v) is 6.63. The second-order valence-corrected chi connectivity index (χ2v) is 4.89. The van der Waals surface area contributed by atoms with Crippen LogP contribution in [0.5, 0.6) is 0 Å². The summed E-state index contributed by atoms with van der Waals surface area (Å²) in [7, 11) is 0. The van der Waals surface area contributed by atoms with Crippen molar-refractivity contribution in [3.8, 4) is 0 Å². The van der Waals surface area contributed by atoms with Gasteiger partial charge in [-0.05, 0) is 36.4 Å². The van der Waals surface area contributed by atoms with Crippen LogP contribution in [-0.4, -0.2) is 22.6 Å². The van der Waals surface area contributed by atoms with E-state index in [4.69, 9.17) is 11.6 Å². The third kappa shape index (κ3) is 3.33. The van der Waals surface area contributed by atoms with Gasteiger partial charge in [0.1, 0.15) is 0 Å². The Hall–Kier alpha value is -1.49. The molecule has 0 fully saturated rings. The SMILES string of the molecule is Cc1ccnc(CN2C=CC=C(C(F)(F)F)C2)c1CCl. The molecule has 2 rings (SSSR count). The average Bonchev–Trinajstić information content (AvgIpc) is 2.38. The van der Waals surface area contributed by atoms with E-state index < -0.39 is 11.7 Å². The molecule has 0 aliphatic carbocycles. The summed E-state index contributed by atoms with van der Waals surface area (Å²) in [6.07, 6.45) is 1.50. The molecule has 1 aliphatic heterocycles. The van der Waals surface area contributed by atoms with Crippen molar-refractivity contribution in [1.82, 2.24) is 9.88 Å². The third-order valence-electron chi connectivity index (χ3n) is 3.20. The van der Waals surface area contributed by atoms with Gasteiger partial charge in [-0.25, -0.2) is 0 Å². The van der Waals surface area contributed by atoms with E-state index in [2.05, 4.69) is 4.98 Å². The highest BCUT2D eigenvalue weighted by Gasteiger charge is 2.34. The summed E-state index contributed by atoms with van der Waals surface area (Å²) >= 11 is 5.89. The number of nitrogens with zero attached hydrogens (tertiary/aromatic N) is 2. The van der Waals surface area contributed by atoms with Crippen LogP contribution in [0.15, 0.2) is 36.2 Å².